The number of nitrogens with zero attached hydrogens (tertiary/aromatic N) is 2. The highest BCUT2D eigenvalue weighted by molar-refractivity contribution is 7.99. The zero-order valence-electron chi connectivity index (χ0n) is 10.8. The van der Waals surface area contributed by atoms with E-state index in [-0.39, 0.29) is 6.04 Å². The summed E-state index contributed by atoms with van der Waals surface area (Å²) in [5.74, 6) is 2.72. The standard InChI is InChI=1S/C12H21N3OS/c1-4-6-13-10(9-17-5-2)11-12(16-3)15-8-7-14-11/h7-8,10,13H,4-6,9H2,1-3H3. The fourth-order valence-corrected chi connectivity index (χ4v) is 2.27. The summed E-state index contributed by atoms with van der Waals surface area (Å²) in [7, 11) is 1.64. The number of nitrogens with one attached hydrogen (secondary N) is 1. The van der Waals surface area contributed by atoms with E-state index in [9.17, 15) is 0 Å². The van der Waals surface area contributed by atoms with E-state index in [0.717, 1.165) is 30.2 Å². The molecule has 0 radical (unpaired) electrons. The van der Waals surface area contributed by atoms with E-state index in [0.29, 0.717) is 5.88 Å². The van der Waals surface area contributed by atoms with Gasteiger partial charge in [0.1, 0.15) is 5.69 Å². The minimum Gasteiger partial charge on any atom is -0.480 e. The van der Waals surface area contributed by atoms with Crippen LogP contribution in [0.5, 0.6) is 5.88 Å². The maximum Gasteiger partial charge on any atom is 0.237 e. The Bertz CT molecular complexity index is 314. The first-order valence-electron chi connectivity index (χ1n) is 5.99. The summed E-state index contributed by atoms with van der Waals surface area (Å²) in [4.78, 5) is 8.59. The van der Waals surface area contributed by atoms with Crippen molar-refractivity contribution >= 4 is 11.8 Å². The summed E-state index contributed by atoms with van der Waals surface area (Å²) in [5.41, 5.74) is 0.907. The van der Waals surface area contributed by atoms with E-state index in [2.05, 4.69) is 29.1 Å². The van der Waals surface area contributed by atoms with Crippen LogP contribution in [0.4, 0.5) is 0 Å². The zero-order chi connectivity index (χ0) is 12.5. The Kier molecular flexibility index (Phi) is 6.96. The lowest BCUT2D eigenvalue weighted by Crippen LogP contribution is -2.25. The van der Waals surface area contributed by atoms with Crippen LogP contribution in [0.15, 0.2) is 12.4 Å². The van der Waals surface area contributed by atoms with Crippen LogP contribution in [0.25, 0.3) is 0 Å². The van der Waals surface area contributed by atoms with Gasteiger partial charge in [-0.25, -0.2) is 4.98 Å². The maximum absolute atomic E-state index is 5.26. The van der Waals surface area contributed by atoms with Gasteiger partial charge in [-0.2, -0.15) is 11.8 Å². The molecule has 0 spiro atoms. The Labute approximate surface area is 108 Å². The van der Waals surface area contributed by atoms with Gasteiger partial charge >= 0.3 is 0 Å². The molecule has 1 N–H and O–H groups in total. The van der Waals surface area contributed by atoms with E-state index in [1.807, 2.05) is 11.8 Å². The van der Waals surface area contributed by atoms with Gasteiger partial charge in [-0.1, -0.05) is 13.8 Å². The zero-order valence-corrected chi connectivity index (χ0v) is 11.6. The Balaban J connectivity index is 2.78. The Morgan fingerprint density at radius 3 is 2.76 bits per heavy atom. The molecule has 0 saturated carbocycles. The number of thioether (sulfide) groups is 1. The molecule has 0 bridgehead atoms. The third-order valence-corrected chi connectivity index (χ3v) is 3.32. The predicted molar refractivity (Wildman–Crippen MR) is 72.6 cm³/mol. The third-order valence-electron chi connectivity index (χ3n) is 2.34. The molecule has 0 fully saturated rings. The fourth-order valence-electron chi connectivity index (χ4n) is 1.52. The average Bonchev–Trinajstić information content (AvgIpc) is 2.39. The normalized spacial score (nSPS) is 12.4. The van der Waals surface area contributed by atoms with Crippen LogP contribution < -0.4 is 10.1 Å². The van der Waals surface area contributed by atoms with Gasteiger partial charge < -0.3 is 10.1 Å². The predicted octanol–water partition coefficient (Wildman–Crippen LogP) is 2.28. The first kappa shape index (κ1) is 14.3. The fraction of sp³-hybridized carbons (Fsp3) is 0.667. The lowest BCUT2D eigenvalue weighted by Gasteiger charge is -2.18. The van der Waals surface area contributed by atoms with Gasteiger partial charge in [0.05, 0.1) is 13.2 Å². The van der Waals surface area contributed by atoms with E-state index in [1.54, 1.807) is 19.5 Å². The van der Waals surface area contributed by atoms with Gasteiger partial charge in [-0.05, 0) is 18.7 Å². The van der Waals surface area contributed by atoms with Crippen LogP contribution in [0, 0.1) is 0 Å². The number of ether oxygens (including phenoxy) is 1. The van der Waals surface area contributed by atoms with Crippen molar-refractivity contribution in [2.75, 3.05) is 25.2 Å². The molecular formula is C12H21N3OS. The molecule has 1 rings (SSSR count). The number of rotatable bonds is 8. The van der Waals surface area contributed by atoms with Crippen LogP contribution in [-0.4, -0.2) is 35.1 Å². The lowest BCUT2D eigenvalue weighted by atomic mass is 10.2. The lowest BCUT2D eigenvalue weighted by molar-refractivity contribution is 0.380. The number of hydrogen-bond donors (Lipinski definition) is 1. The summed E-state index contributed by atoms with van der Waals surface area (Å²) in [6, 6.07) is 0.212. The highest BCUT2D eigenvalue weighted by Crippen LogP contribution is 2.23. The number of hydrogen-bond acceptors (Lipinski definition) is 5. The first-order chi connectivity index (χ1) is 8.33. The largest absolute Gasteiger partial charge is 0.480 e. The second-order valence-corrected chi connectivity index (χ2v) is 4.94. The summed E-state index contributed by atoms with van der Waals surface area (Å²) < 4.78 is 5.26. The van der Waals surface area contributed by atoms with Gasteiger partial charge in [0.25, 0.3) is 0 Å². The summed E-state index contributed by atoms with van der Waals surface area (Å²) in [6.45, 7) is 5.30. The minimum atomic E-state index is 0.212. The van der Waals surface area contributed by atoms with E-state index in [4.69, 9.17) is 4.74 Å². The highest BCUT2D eigenvalue weighted by atomic mass is 32.2. The van der Waals surface area contributed by atoms with Crippen LogP contribution in [0.2, 0.25) is 0 Å². The molecule has 0 saturated heterocycles. The maximum atomic E-state index is 5.26. The van der Waals surface area contributed by atoms with Gasteiger partial charge in [-0.15, -0.1) is 0 Å². The minimum absolute atomic E-state index is 0.212. The summed E-state index contributed by atoms with van der Waals surface area (Å²) >= 11 is 1.89. The molecule has 17 heavy (non-hydrogen) atoms. The van der Waals surface area contributed by atoms with Crippen molar-refractivity contribution in [3.05, 3.63) is 18.1 Å². The van der Waals surface area contributed by atoms with Crippen molar-refractivity contribution in [3.8, 4) is 5.88 Å². The van der Waals surface area contributed by atoms with Crippen LogP contribution >= 0.6 is 11.8 Å². The summed E-state index contributed by atoms with van der Waals surface area (Å²) in [5, 5.41) is 3.49. The molecule has 1 unspecified atom stereocenters. The van der Waals surface area contributed by atoms with Crippen molar-refractivity contribution in [3.63, 3.8) is 0 Å². The number of methoxy groups -OCH3 is 1. The van der Waals surface area contributed by atoms with E-state index in [1.165, 1.54) is 0 Å². The van der Waals surface area contributed by atoms with E-state index < -0.39 is 0 Å². The molecule has 0 amide bonds. The van der Waals surface area contributed by atoms with Gasteiger partial charge in [0, 0.05) is 18.1 Å². The Hall–Kier alpha value is -0.810. The van der Waals surface area contributed by atoms with Crippen molar-refractivity contribution in [1.82, 2.24) is 15.3 Å². The van der Waals surface area contributed by atoms with Crippen LogP contribution in [0.3, 0.4) is 0 Å². The van der Waals surface area contributed by atoms with Crippen molar-refractivity contribution < 1.29 is 4.74 Å². The van der Waals surface area contributed by atoms with Gasteiger partial charge in [0.2, 0.25) is 5.88 Å². The smallest absolute Gasteiger partial charge is 0.237 e. The Morgan fingerprint density at radius 1 is 1.35 bits per heavy atom. The number of aromatic nitrogens is 2. The third kappa shape index (κ3) is 4.52. The molecule has 0 aliphatic rings. The second-order valence-electron chi connectivity index (χ2n) is 3.62. The molecular weight excluding hydrogens is 234 g/mol. The van der Waals surface area contributed by atoms with Crippen molar-refractivity contribution in [2.24, 2.45) is 0 Å². The molecule has 5 heteroatoms. The average molecular weight is 255 g/mol. The quantitative estimate of drug-likeness (QED) is 0.772. The monoisotopic (exact) mass is 255 g/mol. The molecule has 0 aromatic carbocycles. The molecule has 0 aliphatic heterocycles. The van der Waals surface area contributed by atoms with Crippen LogP contribution in [0.1, 0.15) is 32.0 Å². The molecule has 1 atom stereocenters. The topological polar surface area (TPSA) is 47.0 Å². The molecule has 4 nitrogen and oxygen atoms in total. The molecule has 0 aliphatic carbocycles. The first-order valence-corrected chi connectivity index (χ1v) is 7.14. The molecule has 1 aromatic rings. The van der Waals surface area contributed by atoms with Gasteiger partial charge in [0.15, 0.2) is 0 Å². The van der Waals surface area contributed by atoms with Crippen LogP contribution in [-0.2, 0) is 0 Å². The van der Waals surface area contributed by atoms with Crippen molar-refractivity contribution in [1.29, 1.82) is 0 Å². The molecule has 1 heterocycles. The summed E-state index contributed by atoms with van der Waals surface area (Å²) in [6.07, 6.45) is 4.48. The molecule has 1 aromatic heterocycles. The second kappa shape index (κ2) is 8.31. The highest BCUT2D eigenvalue weighted by Gasteiger charge is 2.17. The van der Waals surface area contributed by atoms with E-state index >= 15 is 0 Å². The molecule has 96 valence electrons. The Morgan fingerprint density at radius 2 is 2.12 bits per heavy atom. The van der Waals surface area contributed by atoms with Crippen molar-refractivity contribution in [2.45, 2.75) is 26.3 Å². The van der Waals surface area contributed by atoms with Gasteiger partial charge in [-0.3, -0.25) is 4.98 Å². The SMILES string of the molecule is CCCNC(CSCC)c1nccnc1OC.